The Hall–Kier alpha value is -4.56. The minimum absolute atomic E-state index is 0.00174. The summed E-state index contributed by atoms with van der Waals surface area (Å²) in [5.41, 5.74) is 3.56. The third-order valence-corrected chi connectivity index (χ3v) is 7.93. The number of aryl methyl sites for hydroxylation is 1. The Bertz CT molecular complexity index is 1830. The summed E-state index contributed by atoms with van der Waals surface area (Å²) in [6, 6.07) is 2.51. The molecule has 3 aromatic heterocycles. The molecule has 2 saturated heterocycles. The van der Waals surface area contributed by atoms with Crippen LogP contribution in [0.3, 0.4) is 0 Å². The lowest BCUT2D eigenvalue weighted by atomic mass is 10.0. The summed E-state index contributed by atoms with van der Waals surface area (Å²) in [6.45, 7) is 1.81. The lowest BCUT2D eigenvalue weighted by molar-refractivity contribution is -0.116. The highest BCUT2D eigenvalue weighted by Gasteiger charge is 2.38. The minimum atomic E-state index is -1.71. The maximum atomic E-state index is 15.1. The average molecular weight is 600 g/mol. The van der Waals surface area contributed by atoms with Crippen molar-refractivity contribution in [3.8, 4) is 16.9 Å². The number of benzene rings is 1. The minimum Gasteiger partial charge on any atom is -0.504 e. The Morgan fingerprint density at radius 2 is 2.00 bits per heavy atom. The molecule has 0 saturated carbocycles. The van der Waals surface area contributed by atoms with Gasteiger partial charge < -0.3 is 34.9 Å². The number of rotatable bonds is 6. The number of ether oxygens (including phenoxy) is 1. The van der Waals surface area contributed by atoms with Crippen LogP contribution in [0.1, 0.15) is 16.8 Å². The summed E-state index contributed by atoms with van der Waals surface area (Å²) in [6.07, 6.45) is 5.01. The Labute approximate surface area is 241 Å². The van der Waals surface area contributed by atoms with Crippen LogP contribution in [0.2, 0.25) is 5.02 Å². The van der Waals surface area contributed by atoms with Crippen molar-refractivity contribution in [1.29, 1.82) is 0 Å². The third kappa shape index (κ3) is 4.61. The molecule has 0 radical (unpaired) electrons. The Balaban J connectivity index is 1.34. The summed E-state index contributed by atoms with van der Waals surface area (Å²) >= 11 is 6.33. The molecule has 12 nitrogen and oxygen atoms in total. The zero-order valence-electron chi connectivity index (χ0n) is 22.1. The number of amides is 2. The first-order valence-corrected chi connectivity index (χ1v) is 13.3. The SMILES string of the molecule is Cn1cnc2c(c(-c3cc(C(N)=O)c(O)c(F)c3F)cn2CC(=O)Nc2cc(N3CC4CCOC4C3)ncc2Cl)c1=O. The topological polar surface area (TPSA) is 158 Å². The van der Waals surface area contributed by atoms with Crippen LogP contribution in [0.25, 0.3) is 22.2 Å². The quantitative estimate of drug-likeness (QED) is 0.305. The van der Waals surface area contributed by atoms with Crippen LogP contribution < -0.4 is 21.5 Å². The smallest absolute Gasteiger partial charge is 0.263 e. The molecule has 42 heavy (non-hydrogen) atoms. The number of hydrogen-bond acceptors (Lipinski definition) is 8. The van der Waals surface area contributed by atoms with Crippen molar-refractivity contribution in [3.05, 3.63) is 63.4 Å². The van der Waals surface area contributed by atoms with E-state index in [1.54, 1.807) is 6.07 Å². The van der Waals surface area contributed by atoms with Crippen molar-refractivity contribution in [1.82, 2.24) is 19.1 Å². The number of nitrogens with one attached hydrogen (secondary N) is 1. The van der Waals surface area contributed by atoms with Gasteiger partial charge in [-0.05, 0) is 12.5 Å². The van der Waals surface area contributed by atoms with Gasteiger partial charge in [-0.25, -0.2) is 14.4 Å². The number of halogens is 3. The number of primary amides is 1. The zero-order valence-corrected chi connectivity index (χ0v) is 22.9. The maximum Gasteiger partial charge on any atom is 0.263 e. The van der Waals surface area contributed by atoms with Crippen molar-refractivity contribution in [2.75, 3.05) is 29.9 Å². The highest BCUT2D eigenvalue weighted by atomic mass is 35.5. The lowest BCUT2D eigenvalue weighted by Gasteiger charge is -2.19. The van der Waals surface area contributed by atoms with E-state index >= 15 is 4.39 Å². The van der Waals surface area contributed by atoms with Crippen LogP contribution in [0.5, 0.6) is 5.75 Å². The molecule has 1 aromatic carbocycles. The number of anilines is 2. The van der Waals surface area contributed by atoms with E-state index in [4.69, 9.17) is 22.1 Å². The fraction of sp³-hybridized carbons (Fsp3) is 0.296. The van der Waals surface area contributed by atoms with Crippen LogP contribution >= 0.6 is 11.6 Å². The summed E-state index contributed by atoms with van der Waals surface area (Å²) in [4.78, 5) is 48.7. The molecule has 0 spiro atoms. The van der Waals surface area contributed by atoms with Crippen molar-refractivity contribution < 1.29 is 28.2 Å². The highest BCUT2D eigenvalue weighted by molar-refractivity contribution is 6.33. The molecule has 15 heteroatoms. The molecule has 0 bridgehead atoms. The van der Waals surface area contributed by atoms with Gasteiger partial charge in [-0.15, -0.1) is 0 Å². The second kappa shape index (κ2) is 10.4. The van der Waals surface area contributed by atoms with Crippen LogP contribution in [-0.2, 0) is 23.1 Å². The van der Waals surface area contributed by atoms with E-state index in [9.17, 15) is 23.9 Å². The van der Waals surface area contributed by atoms with Gasteiger partial charge >= 0.3 is 0 Å². The largest absolute Gasteiger partial charge is 0.504 e. The first-order valence-electron chi connectivity index (χ1n) is 12.9. The van der Waals surface area contributed by atoms with Gasteiger partial charge in [0.05, 0.1) is 40.3 Å². The third-order valence-electron chi connectivity index (χ3n) is 7.63. The fourth-order valence-corrected chi connectivity index (χ4v) is 5.65. The first kappa shape index (κ1) is 27.6. The van der Waals surface area contributed by atoms with Gasteiger partial charge in [0.15, 0.2) is 11.6 Å². The fourth-order valence-electron chi connectivity index (χ4n) is 5.50. The summed E-state index contributed by atoms with van der Waals surface area (Å²) in [5, 5.41) is 12.7. The van der Waals surface area contributed by atoms with Gasteiger partial charge in [0, 0.05) is 56.1 Å². The summed E-state index contributed by atoms with van der Waals surface area (Å²) < 4.78 is 37.8. The molecule has 2 unspecified atom stereocenters. The molecule has 4 aromatic rings. The predicted octanol–water partition coefficient (Wildman–Crippen LogP) is 2.40. The van der Waals surface area contributed by atoms with E-state index in [0.717, 1.165) is 30.2 Å². The normalized spacial score (nSPS) is 18.0. The Kier molecular flexibility index (Phi) is 6.81. The van der Waals surface area contributed by atoms with Gasteiger partial charge in [0.1, 0.15) is 18.0 Å². The molecule has 2 amide bonds. The molecular formula is C27H24ClF2N7O5. The molecule has 218 valence electrons. The van der Waals surface area contributed by atoms with E-state index in [0.29, 0.717) is 24.0 Å². The average Bonchev–Trinajstić information content (AvgIpc) is 3.65. The summed E-state index contributed by atoms with van der Waals surface area (Å²) in [7, 11) is 1.41. The van der Waals surface area contributed by atoms with Crippen LogP contribution in [0, 0.1) is 17.6 Å². The maximum absolute atomic E-state index is 15.1. The number of nitrogens with zero attached hydrogens (tertiary/aromatic N) is 5. The van der Waals surface area contributed by atoms with E-state index in [1.807, 2.05) is 0 Å². The molecule has 5 heterocycles. The first-order chi connectivity index (χ1) is 20.0. The lowest BCUT2D eigenvalue weighted by Crippen LogP contribution is -2.24. The molecular weight excluding hydrogens is 576 g/mol. The number of nitrogens with two attached hydrogens (primary N) is 1. The highest BCUT2D eigenvalue weighted by Crippen LogP contribution is 2.36. The monoisotopic (exact) mass is 599 g/mol. The number of aromatic nitrogens is 4. The number of aromatic hydroxyl groups is 1. The number of carbonyl (C=O) groups excluding carboxylic acids is 2. The second-order valence-electron chi connectivity index (χ2n) is 10.3. The number of carbonyl (C=O) groups is 2. The van der Waals surface area contributed by atoms with Gasteiger partial charge in [0.2, 0.25) is 11.7 Å². The second-order valence-corrected chi connectivity index (χ2v) is 10.7. The molecule has 6 rings (SSSR count). The van der Waals surface area contributed by atoms with Crippen LogP contribution in [0.15, 0.2) is 35.6 Å². The molecule has 2 atom stereocenters. The summed E-state index contributed by atoms with van der Waals surface area (Å²) in [5.74, 6) is -5.20. The van der Waals surface area contributed by atoms with Gasteiger partial charge in [-0.2, -0.15) is 4.39 Å². The van der Waals surface area contributed by atoms with E-state index in [1.165, 1.54) is 30.3 Å². The van der Waals surface area contributed by atoms with Gasteiger partial charge in [-0.1, -0.05) is 11.6 Å². The van der Waals surface area contributed by atoms with Crippen LogP contribution in [-0.4, -0.2) is 61.8 Å². The van der Waals surface area contributed by atoms with Gasteiger partial charge in [0.25, 0.3) is 11.5 Å². The van der Waals surface area contributed by atoms with Gasteiger partial charge in [-0.3, -0.25) is 14.4 Å². The Morgan fingerprint density at radius 1 is 1.21 bits per heavy atom. The molecule has 2 aliphatic rings. The van der Waals surface area contributed by atoms with E-state index in [-0.39, 0.29) is 27.7 Å². The van der Waals surface area contributed by atoms with E-state index < -0.39 is 52.4 Å². The van der Waals surface area contributed by atoms with Crippen LogP contribution in [0.4, 0.5) is 20.3 Å². The number of phenols is 1. The standard InChI is InChI=1S/C27H24ClF2N7O5/c1-35-11-33-26-21(27(35)41)15(13-4-14(25(31)40)24(39)23(30)22(13)29)8-37(26)10-20(38)34-17-5-19(32-6-16(17)28)36-7-12-2-3-42-18(12)9-36/h4-6,8,11-12,18,39H,2-3,7,9-10H2,1H3,(H2,31,40)(H,32,34,38). The molecule has 2 aliphatic heterocycles. The molecule has 4 N–H and O–H groups in total. The molecule has 2 fully saturated rings. The van der Waals surface area contributed by atoms with Crippen molar-refractivity contribution in [2.45, 2.75) is 19.1 Å². The number of hydrogen-bond donors (Lipinski definition) is 3. The molecule has 0 aliphatic carbocycles. The van der Waals surface area contributed by atoms with Crippen molar-refractivity contribution in [2.24, 2.45) is 18.7 Å². The Morgan fingerprint density at radius 3 is 2.74 bits per heavy atom. The predicted molar refractivity (Wildman–Crippen MR) is 148 cm³/mol. The van der Waals surface area contributed by atoms with E-state index in [2.05, 4.69) is 20.2 Å². The van der Waals surface area contributed by atoms with Crippen molar-refractivity contribution >= 4 is 46.0 Å². The number of pyridine rings is 1. The zero-order chi connectivity index (χ0) is 29.9. The van der Waals surface area contributed by atoms with Crippen molar-refractivity contribution in [3.63, 3.8) is 0 Å². The number of fused-ring (bicyclic) bond motifs is 2.